The van der Waals surface area contributed by atoms with Crippen molar-refractivity contribution in [3.63, 3.8) is 0 Å². The number of para-hydroxylation sites is 1. The molecule has 2 aromatic carbocycles. The summed E-state index contributed by atoms with van der Waals surface area (Å²) in [5, 5.41) is 22.5. The van der Waals surface area contributed by atoms with Crippen molar-refractivity contribution in [2.45, 2.75) is 24.8 Å². The van der Waals surface area contributed by atoms with Crippen LogP contribution in [-0.2, 0) is 11.3 Å². The second-order valence-corrected chi connectivity index (χ2v) is 8.21. The number of amides is 1. The molecule has 29 heavy (non-hydrogen) atoms. The number of aliphatic hydroxyl groups excluding tert-OH is 1. The molecule has 2 N–H and O–H groups in total. The molecule has 0 aromatic heterocycles. The fourth-order valence-corrected chi connectivity index (χ4v) is 4.26. The smallest absolute Gasteiger partial charge is 0.259 e. The number of anilines is 1. The first-order valence-electron chi connectivity index (χ1n) is 9.96. The number of piperazine rings is 1. The van der Waals surface area contributed by atoms with Gasteiger partial charge in [-0.05, 0) is 29.8 Å². The number of nitrogens with zero attached hydrogens (tertiary/aromatic N) is 3. The van der Waals surface area contributed by atoms with E-state index in [1.807, 2.05) is 54.6 Å². The maximum Gasteiger partial charge on any atom is 0.259 e. The van der Waals surface area contributed by atoms with Gasteiger partial charge in [0, 0.05) is 56.4 Å². The highest BCUT2D eigenvalue weighted by Gasteiger charge is 2.53. The van der Waals surface area contributed by atoms with Crippen LogP contribution in [0.5, 0.6) is 0 Å². The van der Waals surface area contributed by atoms with Gasteiger partial charge >= 0.3 is 0 Å². The van der Waals surface area contributed by atoms with Gasteiger partial charge < -0.3 is 20.0 Å². The van der Waals surface area contributed by atoms with Gasteiger partial charge in [0.15, 0.2) is 11.8 Å². The van der Waals surface area contributed by atoms with Gasteiger partial charge in [-0.3, -0.25) is 9.69 Å². The van der Waals surface area contributed by atoms with E-state index in [1.54, 1.807) is 9.80 Å². The molecule has 1 amide bonds. The summed E-state index contributed by atoms with van der Waals surface area (Å²) in [5.74, 6) is -0.380. The van der Waals surface area contributed by atoms with Crippen LogP contribution < -0.4 is 4.90 Å². The Morgan fingerprint density at radius 2 is 1.66 bits per heavy atom. The third kappa shape index (κ3) is 4.12. The van der Waals surface area contributed by atoms with E-state index in [9.17, 15) is 15.0 Å². The molecule has 2 fully saturated rings. The summed E-state index contributed by atoms with van der Waals surface area (Å²) in [5.41, 5.74) is 0.211. The second-order valence-electron chi connectivity index (χ2n) is 7.77. The highest BCUT2D eigenvalue weighted by molar-refractivity contribution is 6.30. The van der Waals surface area contributed by atoms with Crippen molar-refractivity contribution in [2.75, 3.05) is 37.6 Å². The van der Waals surface area contributed by atoms with E-state index in [0.29, 0.717) is 19.6 Å². The van der Waals surface area contributed by atoms with Gasteiger partial charge in [-0.2, -0.15) is 0 Å². The Morgan fingerprint density at radius 3 is 2.31 bits per heavy atom. The maximum absolute atomic E-state index is 13.1. The van der Waals surface area contributed by atoms with Crippen molar-refractivity contribution in [1.29, 1.82) is 0 Å². The summed E-state index contributed by atoms with van der Waals surface area (Å²) in [6, 6.07) is 17.2. The van der Waals surface area contributed by atoms with E-state index in [1.165, 1.54) is 5.56 Å². The van der Waals surface area contributed by atoms with Crippen molar-refractivity contribution in [3.8, 4) is 0 Å². The number of hydrogen-bond donors (Lipinski definition) is 2. The average Bonchev–Trinajstić information content (AvgIpc) is 3.06. The first kappa shape index (κ1) is 20.2. The van der Waals surface area contributed by atoms with Gasteiger partial charge in [-0.1, -0.05) is 41.9 Å². The number of carbonyl (C=O) groups excluding carboxylic acids is 1. The van der Waals surface area contributed by atoms with Gasteiger partial charge in [-0.25, -0.2) is 0 Å². The van der Waals surface area contributed by atoms with Gasteiger partial charge in [0.2, 0.25) is 0 Å². The van der Waals surface area contributed by atoms with Crippen molar-refractivity contribution < 1.29 is 15.0 Å². The number of carbonyl (C=O) groups is 1. The highest BCUT2D eigenvalue weighted by Crippen LogP contribution is 2.33. The van der Waals surface area contributed by atoms with Gasteiger partial charge in [0.25, 0.3) is 5.91 Å². The third-order valence-electron chi connectivity index (χ3n) is 5.89. The van der Waals surface area contributed by atoms with Gasteiger partial charge in [0.05, 0.1) is 0 Å². The molecule has 2 heterocycles. The summed E-state index contributed by atoms with van der Waals surface area (Å²) in [7, 11) is 0. The number of aliphatic hydroxyl groups is 2. The van der Waals surface area contributed by atoms with E-state index in [0.717, 1.165) is 30.3 Å². The quantitative estimate of drug-likeness (QED) is 0.798. The summed E-state index contributed by atoms with van der Waals surface area (Å²) >= 11 is 5.94. The second kappa shape index (κ2) is 8.32. The molecule has 0 aliphatic carbocycles. The number of halogens is 1. The topological polar surface area (TPSA) is 67.2 Å². The van der Waals surface area contributed by atoms with Gasteiger partial charge in [-0.15, -0.1) is 0 Å². The Kier molecular flexibility index (Phi) is 5.79. The molecule has 2 aliphatic heterocycles. The summed E-state index contributed by atoms with van der Waals surface area (Å²) in [6.07, 6.45) is -1.03. The highest BCUT2D eigenvalue weighted by atomic mass is 35.5. The monoisotopic (exact) mass is 415 g/mol. The predicted molar refractivity (Wildman–Crippen MR) is 113 cm³/mol. The molecule has 0 saturated carbocycles. The van der Waals surface area contributed by atoms with E-state index < -0.39 is 11.8 Å². The van der Waals surface area contributed by atoms with E-state index in [4.69, 9.17) is 11.6 Å². The molecule has 4 rings (SSSR count). The lowest BCUT2D eigenvalue weighted by atomic mass is 9.99. The van der Waals surface area contributed by atoms with Crippen LogP contribution in [0.3, 0.4) is 0 Å². The lowest BCUT2D eigenvalue weighted by molar-refractivity contribution is -0.162. The first-order valence-corrected chi connectivity index (χ1v) is 10.3. The van der Waals surface area contributed by atoms with Crippen LogP contribution in [0.25, 0.3) is 0 Å². The van der Waals surface area contributed by atoms with Crippen LogP contribution in [0.15, 0.2) is 54.6 Å². The Labute approximate surface area is 175 Å². The summed E-state index contributed by atoms with van der Waals surface area (Å²) < 4.78 is 0. The zero-order valence-electron chi connectivity index (χ0n) is 16.2. The Balaban J connectivity index is 1.36. The zero-order chi connectivity index (χ0) is 20.4. The van der Waals surface area contributed by atoms with Crippen LogP contribution in [-0.4, -0.2) is 70.5 Å². The largest absolute Gasteiger partial charge is 0.376 e. The molecule has 0 radical (unpaired) electrons. The van der Waals surface area contributed by atoms with Crippen LogP contribution in [0.1, 0.15) is 12.0 Å². The minimum absolute atomic E-state index is 0.215. The molecule has 6 nitrogen and oxygen atoms in total. The Bertz CT molecular complexity index is 840. The van der Waals surface area contributed by atoms with E-state index in [2.05, 4.69) is 4.90 Å². The predicted octanol–water partition coefficient (Wildman–Crippen LogP) is 1.94. The SMILES string of the molecule is O=C(N1CCN(Cc2ccc(Cl)cc2)CC1)C1(O)CCN(c2ccccc2)C1O. The van der Waals surface area contributed by atoms with Crippen molar-refractivity contribution in [3.05, 3.63) is 65.2 Å². The molecular formula is C22H26ClN3O3. The van der Waals surface area contributed by atoms with Crippen LogP contribution >= 0.6 is 11.6 Å². The number of rotatable bonds is 4. The zero-order valence-corrected chi connectivity index (χ0v) is 17.0. The lowest BCUT2D eigenvalue weighted by Gasteiger charge is -2.39. The fourth-order valence-electron chi connectivity index (χ4n) is 4.14. The molecule has 0 bridgehead atoms. The molecule has 2 unspecified atom stereocenters. The van der Waals surface area contributed by atoms with E-state index >= 15 is 0 Å². The van der Waals surface area contributed by atoms with Gasteiger partial charge in [0.1, 0.15) is 0 Å². The standard InChI is InChI=1S/C22H26ClN3O3/c23-18-8-6-17(7-9-18)16-24-12-14-25(15-13-24)20(27)22(29)10-11-26(21(22)28)19-4-2-1-3-5-19/h1-9,21,28-29H,10-16H2. The summed E-state index contributed by atoms with van der Waals surface area (Å²) in [4.78, 5) is 18.7. The summed E-state index contributed by atoms with van der Waals surface area (Å²) in [6.45, 7) is 3.75. The molecule has 0 spiro atoms. The molecule has 2 atom stereocenters. The maximum atomic E-state index is 13.1. The minimum Gasteiger partial charge on any atom is -0.376 e. The number of benzene rings is 2. The van der Waals surface area contributed by atoms with Crippen molar-refractivity contribution in [1.82, 2.24) is 9.80 Å². The minimum atomic E-state index is -1.77. The van der Waals surface area contributed by atoms with Crippen LogP contribution in [0, 0.1) is 0 Å². The Hall–Kier alpha value is -2.12. The average molecular weight is 416 g/mol. The lowest BCUT2D eigenvalue weighted by Crippen LogP contribution is -2.59. The molecule has 154 valence electrons. The van der Waals surface area contributed by atoms with Crippen LogP contribution in [0.2, 0.25) is 5.02 Å². The fraction of sp³-hybridized carbons (Fsp3) is 0.409. The first-order chi connectivity index (χ1) is 14.0. The molecular weight excluding hydrogens is 390 g/mol. The van der Waals surface area contributed by atoms with E-state index in [-0.39, 0.29) is 12.3 Å². The third-order valence-corrected chi connectivity index (χ3v) is 6.15. The van der Waals surface area contributed by atoms with Crippen molar-refractivity contribution in [2.24, 2.45) is 0 Å². The number of hydrogen-bond acceptors (Lipinski definition) is 5. The van der Waals surface area contributed by atoms with Crippen LogP contribution in [0.4, 0.5) is 5.69 Å². The Morgan fingerprint density at radius 1 is 1.00 bits per heavy atom. The normalized spacial score (nSPS) is 25.4. The molecule has 2 aromatic rings. The molecule has 7 heteroatoms. The molecule has 2 aliphatic rings. The molecule has 2 saturated heterocycles. The van der Waals surface area contributed by atoms with Crippen molar-refractivity contribution >= 4 is 23.2 Å².